The maximum atomic E-state index is 12.1. The number of hydrazone groups is 1. The molecule has 3 nitrogen and oxygen atoms in total. The highest BCUT2D eigenvalue weighted by atomic mass is 79.9. The Morgan fingerprint density at radius 3 is 2.12 bits per heavy atom. The largest absolute Gasteiger partial charge is 0.271 e. The van der Waals surface area contributed by atoms with Gasteiger partial charge in [0.25, 0.3) is 5.91 Å². The molecule has 0 aromatic heterocycles. The summed E-state index contributed by atoms with van der Waals surface area (Å²) in [5.74, 6) is -0.233. The van der Waals surface area contributed by atoms with E-state index in [4.69, 9.17) is 0 Å². The number of carbonyl (C=O) groups is 1. The van der Waals surface area contributed by atoms with Crippen LogP contribution in [0.5, 0.6) is 0 Å². The van der Waals surface area contributed by atoms with Gasteiger partial charge in [0, 0.05) is 10.0 Å². The number of hydrogen-bond donors (Lipinski definition) is 1. The van der Waals surface area contributed by atoms with Crippen molar-refractivity contribution in [3.63, 3.8) is 0 Å². The Morgan fingerprint density at radius 2 is 1.46 bits per heavy atom. The minimum atomic E-state index is -0.233. The molecule has 0 bridgehead atoms. The minimum absolute atomic E-state index is 0.233. The molecule has 4 heteroatoms. The van der Waals surface area contributed by atoms with E-state index in [9.17, 15) is 4.79 Å². The number of amides is 1. The lowest BCUT2D eigenvalue weighted by Crippen LogP contribution is -2.17. The topological polar surface area (TPSA) is 41.5 Å². The third-order valence-electron chi connectivity index (χ3n) is 3.50. The number of benzene rings is 3. The van der Waals surface area contributed by atoms with Crippen LogP contribution in [0.2, 0.25) is 0 Å². The van der Waals surface area contributed by atoms with Gasteiger partial charge in [-0.15, -0.1) is 0 Å². The van der Waals surface area contributed by atoms with Crippen LogP contribution in [0, 0.1) is 0 Å². The fraction of sp³-hybridized carbons (Fsp3) is 0. The Morgan fingerprint density at radius 1 is 0.833 bits per heavy atom. The van der Waals surface area contributed by atoms with E-state index in [0.717, 1.165) is 21.2 Å². The van der Waals surface area contributed by atoms with Gasteiger partial charge in [0.05, 0.1) is 6.21 Å². The van der Waals surface area contributed by atoms with E-state index in [0.29, 0.717) is 5.56 Å². The van der Waals surface area contributed by atoms with E-state index in [1.807, 2.05) is 66.7 Å². The molecule has 0 saturated carbocycles. The van der Waals surface area contributed by atoms with Crippen molar-refractivity contribution in [2.75, 3.05) is 0 Å². The van der Waals surface area contributed by atoms with E-state index < -0.39 is 0 Å². The maximum Gasteiger partial charge on any atom is 0.271 e. The van der Waals surface area contributed by atoms with Crippen molar-refractivity contribution in [3.8, 4) is 11.1 Å². The summed E-state index contributed by atoms with van der Waals surface area (Å²) in [5, 5.41) is 3.99. The monoisotopic (exact) mass is 378 g/mol. The summed E-state index contributed by atoms with van der Waals surface area (Å²) in [5.41, 5.74) is 6.22. The zero-order valence-electron chi connectivity index (χ0n) is 12.8. The normalized spacial score (nSPS) is 10.7. The van der Waals surface area contributed by atoms with Gasteiger partial charge in [-0.2, -0.15) is 5.10 Å². The minimum Gasteiger partial charge on any atom is -0.267 e. The molecular weight excluding hydrogens is 364 g/mol. The Hall–Kier alpha value is -2.72. The molecule has 3 aromatic rings. The zero-order chi connectivity index (χ0) is 16.8. The molecule has 0 aliphatic rings. The predicted molar refractivity (Wildman–Crippen MR) is 101 cm³/mol. The van der Waals surface area contributed by atoms with Crippen molar-refractivity contribution in [3.05, 3.63) is 94.5 Å². The first-order chi connectivity index (χ1) is 11.7. The van der Waals surface area contributed by atoms with Crippen molar-refractivity contribution < 1.29 is 4.79 Å². The van der Waals surface area contributed by atoms with Gasteiger partial charge in [-0.1, -0.05) is 70.5 Å². The van der Waals surface area contributed by atoms with Crippen LogP contribution >= 0.6 is 15.9 Å². The second-order valence-corrected chi connectivity index (χ2v) is 6.11. The first-order valence-corrected chi connectivity index (χ1v) is 8.26. The van der Waals surface area contributed by atoms with Gasteiger partial charge in [-0.3, -0.25) is 4.79 Å². The summed E-state index contributed by atoms with van der Waals surface area (Å²) in [6.07, 6.45) is 1.61. The summed E-state index contributed by atoms with van der Waals surface area (Å²) in [4.78, 5) is 12.1. The lowest BCUT2D eigenvalue weighted by molar-refractivity contribution is 0.0955. The fourth-order valence-corrected chi connectivity index (χ4v) is 2.49. The Labute approximate surface area is 149 Å². The standard InChI is InChI=1S/C20H15BrN2O/c21-19-12-6-15(7-13-19)14-22-23-20(24)18-10-8-17(9-11-18)16-4-2-1-3-5-16/h1-14H,(H,23,24)/b22-14-. The summed E-state index contributed by atoms with van der Waals surface area (Å²) >= 11 is 3.38. The van der Waals surface area contributed by atoms with Gasteiger partial charge >= 0.3 is 0 Å². The average Bonchev–Trinajstić information content (AvgIpc) is 2.64. The molecule has 0 radical (unpaired) electrons. The van der Waals surface area contributed by atoms with Crippen LogP contribution in [0.4, 0.5) is 0 Å². The smallest absolute Gasteiger partial charge is 0.267 e. The van der Waals surface area contributed by atoms with Crippen LogP contribution < -0.4 is 5.43 Å². The molecule has 0 aliphatic carbocycles. The van der Waals surface area contributed by atoms with Gasteiger partial charge < -0.3 is 0 Å². The molecule has 0 atom stereocenters. The highest BCUT2D eigenvalue weighted by molar-refractivity contribution is 9.10. The number of nitrogens with one attached hydrogen (secondary N) is 1. The molecule has 0 fully saturated rings. The van der Waals surface area contributed by atoms with Crippen LogP contribution in [-0.4, -0.2) is 12.1 Å². The lowest BCUT2D eigenvalue weighted by atomic mass is 10.0. The van der Waals surface area contributed by atoms with Crippen LogP contribution in [0.25, 0.3) is 11.1 Å². The number of nitrogens with zero attached hydrogens (tertiary/aromatic N) is 1. The maximum absolute atomic E-state index is 12.1. The average molecular weight is 379 g/mol. The quantitative estimate of drug-likeness (QED) is 0.510. The predicted octanol–water partition coefficient (Wildman–Crippen LogP) is 4.88. The Kier molecular flexibility index (Phi) is 5.18. The molecule has 3 aromatic carbocycles. The van der Waals surface area contributed by atoms with Crippen molar-refractivity contribution in [2.24, 2.45) is 5.10 Å². The molecule has 118 valence electrons. The number of halogens is 1. The Balaban J connectivity index is 1.64. The van der Waals surface area contributed by atoms with Crippen LogP contribution in [0.3, 0.4) is 0 Å². The first-order valence-electron chi connectivity index (χ1n) is 7.47. The first kappa shape index (κ1) is 16.1. The summed E-state index contributed by atoms with van der Waals surface area (Å²) < 4.78 is 1.00. The number of hydrogen-bond acceptors (Lipinski definition) is 2. The highest BCUT2D eigenvalue weighted by Crippen LogP contribution is 2.19. The van der Waals surface area contributed by atoms with E-state index >= 15 is 0 Å². The van der Waals surface area contributed by atoms with Crippen molar-refractivity contribution in [1.29, 1.82) is 0 Å². The van der Waals surface area contributed by atoms with Crippen molar-refractivity contribution in [2.45, 2.75) is 0 Å². The third kappa shape index (κ3) is 4.18. The molecule has 0 unspecified atom stereocenters. The van der Waals surface area contributed by atoms with Gasteiger partial charge in [0.1, 0.15) is 0 Å². The number of rotatable bonds is 4. The molecule has 0 saturated heterocycles. The van der Waals surface area contributed by atoms with Crippen LogP contribution in [0.15, 0.2) is 88.4 Å². The van der Waals surface area contributed by atoms with E-state index in [2.05, 4.69) is 26.5 Å². The summed E-state index contributed by atoms with van der Waals surface area (Å²) in [6, 6.07) is 25.2. The molecule has 3 rings (SSSR count). The van der Waals surface area contributed by atoms with E-state index in [1.54, 1.807) is 18.3 Å². The molecule has 0 heterocycles. The molecule has 1 N–H and O–H groups in total. The molecule has 0 aliphatic heterocycles. The zero-order valence-corrected chi connectivity index (χ0v) is 14.4. The van der Waals surface area contributed by atoms with Gasteiger partial charge in [-0.05, 0) is 41.0 Å². The van der Waals surface area contributed by atoms with Crippen LogP contribution in [-0.2, 0) is 0 Å². The Bertz CT molecular complexity index is 841. The fourth-order valence-electron chi connectivity index (χ4n) is 2.22. The van der Waals surface area contributed by atoms with E-state index in [-0.39, 0.29) is 5.91 Å². The lowest BCUT2D eigenvalue weighted by Gasteiger charge is -2.03. The van der Waals surface area contributed by atoms with Gasteiger partial charge in [0.15, 0.2) is 0 Å². The van der Waals surface area contributed by atoms with Crippen molar-refractivity contribution in [1.82, 2.24) is 5.43 Å². The number of carbonyl (C=O) groups excluding carboxylic acids is 1. The van der Waals surface area contributed by atoms with Crippen molar-refractivity contribution >= 4 is 28.1 Å². The van der Waals surface area contributed by atoms with Crippen LogP contribution in [0.1, 0.15) is 15.9 Å². The molecular formula is C20H15BrN2O. The summed E-state index contributed by atoms with van der Waals surface area (Å²) in [6.45, 7) is 0. The highest BCUT2D eigenvalue weighted by Gasteiger charge is 2.04. The molecule has 1 amide bonds. The van der Waals surface area contributed by atoms with Gasteiger partial charge in [-0.25, -0.2) is 5.43 Å². The summed E-state index contributed by atoms with van der Waals surface area (Å²) in [7, 11) is 0. The molecule has 24 heavy (non-hydrogen) atoms. The third-order valence-corrected chi connectivity index (χ3v) is 4.03. The second-order valence-electron chi connectivity index (χ2n) is 5.19. The second kappa shape index (κ2) is 7.70. The molecule has 0 spiro atoms. The van der Waals surface area contributed by atoms with E-state index in [1.165, 1.54) is 0 Å². The van der Waals surface area contributed by atoms with Gasteiger partial charge in [0.2, 0.25) is 0 Å². The SMILES string of the molecule is O=C(N/N=C\c1ccc(Br)cc1)c1ccc(-c2ccccc2)cc1.